The summed E-state index contributed by atoms with van der Waals surface area (Å²) in [5.41, 5.74) is 0.740. The largest absolute Gasteiger partial charge is 0.352 e. The van der Waals surface area contributed by atoms with Gasteiger partial charge in [0.2, 0.25) is 0 Å². The van der Waals surface area contributed by atoms with E-state index in [0.29, 0.717) is 18.4 Å². The van der Waals surface area contributed by atoms with Crippen LogP contribution in [0, 0.1) is 5.92 Å². The number of hydrogen-bond donors (Lipinski definition) is 1. The fourth-order valence-electron chi connectivity index (χ4n) is 2.68. The summed E-state index contributed by atoms with van der Waals surface area (Å²) in [5, 5.41) is 6.45. The highest BCUT2D eigenvalue weighted by molar-refractivity contribution is 5.95. The smallest absolute Gasteiger partial charge is 0.280 e. The lowest BCUT2D eigenvalue weighted by atomic mass is 10.1. The van der Waals surface area contributed by atoms with Crippen LogP contribution in [0.2, 0.25) is 0 Å². The Bertz CT molecular complexity index is 671. The highest BCUT2D eigenvalue weighted by Gasteiger charge is 2.38. The first-order chi connectivity index (χ1) is 10.6. The van der Waals surface area contributed by atoms with E-state index in [-0.39, 0.29) is 11.3 Å². The first-order valence-electron chi connectivity index (χ1n) is 7.06. The predicted octanol–water partition coefficient (Wildman–Crippen LogP) is 2.29. The van der Waals surface area contributed by atoms with E-state index in [2.05, 4.69) is 15.4 Å². The SMILES string of the molecule is Cn1ncc(C(=O)NC[C@@H]2C[C@H]2c2cccnc2)c1C(F)F. The standard InChI is InChI=1S/C15H16F2N4O/c1-21-13(14(16)17)12(8-20-21)15(22)19-7-10-5-11(10)9-3-2-4-18-6-9/h2-4,6,8,10-11,14H,5,7H2,1H3,(H,19,22)/t10-,11-/m0/s1. The van der Waals surface area contributed by atoms with Crippen LogP contribution in [0.3, 0.4) is 0 Å². The lowest BCUT2D eigenvalue weighted by Crippen LogP contribution is -2.26. The maximum Gasteiger partial charge on any atom is 0.280 e. The van der Waals surface area contributed by atoms with Gasteiger partial charge in [-0.15, -0.1) is 0 Å². The van der Waals surface area contributed by atoms with Gasteiger partial charge in [0.05, 0.1) is 11.8 Å². The van der Waals surface area contributed by atoms with Gasteiger partial charge >= 0.3 is 0 Å². The molecule has 7 heteroatoms. The Hall–Kier alpha value is -2.31. The van der Waals surface area contributed by atoms with Crippen LogP contribution < -0.4 is 5.32 Å². The average Bonchev–Trinajstić information content (AvgIpc) is 3.19. The number of alkyl halides is 2. The van der Waals surface area contributed by atoms with E-state index in [1.807, 2.05) is 18.3 Å². The van der Waals surface area contributed by atoms with Gasteiger partial charge in [0.25, 0.3) is 12.3 Å². The molecule has 2 aromatic rings. The summed E-state index contributed by atoms with van der Waals surface area (Å²) in [7, 11) is 1.40. The maximum atomic E-state index is 12.9. The molecule has 3 rings (SSSR count). The molecule has 2 atom stereocenters. The molecular formula is C15H16F2N4O. The molecule has 116 valence electrons. The van der Waals surface area contributed by atoms with E-state index in [0.717, 1.165) is 16.7 Å². The third kappa shape index (κ3) is 2.84. The predicted molar refractivity (Wildman–Crippen MR) is 75.6 cm³/mol. The lowest BCUT2D eigenvalue weighted by molar-refractivity contribution is 0.0934. The molecule has 1 fully saturated rings. The lowest BCUT2D eigenvalue weighted by Gasteiger charge is -2.06. The van der Waals surface area contributed by atoms with E-state index >= 15 is 0 Å². The molecule has 1 aliphatic carbocycles. The van der Waals surface area contributed by atoms with Crippen LogP contribution in [-0.2, 0) is 7.05 Å². The summed E-state index contributed by atoms with van der Waals surface area (Å²) in [6.07, 6.45) is 2.97. The number of hydrogen-bond acceptors (Lipinski definition) is 3. The van der Waals surface area contributed by atoms with Gasteiger partial charge in [0.15, 0.2) is 0 Å². The summed E-state index contributed by atoms with van der Waals surface area (Å²) in [6, 6.07) is 3.89. The van der Waals surface area contributed by atoms with Crippen LogP contribution >= 0.6 is 0 Å². The number of nitrogens with zero attached hydrogens (tertiary/aromatic N) is 3. The second kappa shape index (κ2) is 5.82. The van der Waals surface area contributed by atoms with E-state index < -0.39 is 12.3 Å². The average molecular weight is 306 g/mol. The van der Waals surface area contributed by atoms with Crippen LogP contribution in [0.25, 0.3) is 0 Å². The molecular weight excluding hydrogens is 290 g/mol. The van der Waals surface area contributed by atoms with Crippen LogP contribution in [0.4, 0.5) is 8.78 Å². The number of aryl methyl sites for hydroxylation is 1. The molecule has 1 aliphatic rings. The second-order valence-corrected chi connectivity index (χ2v) is 5.47. The highest BCUT2D eigenvalue weighted by Crippen LogP contribution is 2.46. The Labute approximate surface area is 126 Å². The molecule has 0 unspecified atom stereocenters. The summed E-state index contributed by atoms with van der Waals surface area (Å²) >= 11 is 0. The first kappa shape index (κ1) is 14.6. The van der Waals surface area contributed by atoms with Gasteiger partial charge in [-0.25, -0.2) is 8.78 Å². The summed E-state index contributed by atoms with van der Waals surface area (Å²) in [5.74, 6) is 0.220. The van der Waals surface area contributed by atoms with Crippen molar-refractivity contribution in [2.75, 3.05) is 6.54 Å². The maximum absolute atomic E-state index is 12.9. The molecule has 0 saturated heterocycles. The Balaban J connectivity index is 1.58. The molecule has 5 nitrogen and oxygen atoms in total. The van der Waals surface area contributed by atoms with Crippen LogP contribution in [0.5, 0.6) is 0 Å². The Morgan fingerprint density at radius 2 is 2.32 bits per heavy atom. The number of pyridine rings is 1. The summed E-state index contributed by atoms with van der Waals surface area (Å²) < 4.78 is 26.9. The molecule has 1 saturated carbocycles. The molecule has 0 bridgehead atoms. The molecule has 0 aliphatic heterocycles. The van der Waals surface area contributed by atoms with Gasteiger partial charge in [0.1, 0.15) is 5.69 Å². The molecule has 22 heavy (non-hydrogen) atoms. The van der Waals surface area contributed by atoms with Crippen molar-refractivity contribution >= 4 is 5.91 Å². The van der Waals surface area contributed by atoms with Crippen molar-refractivity contribution in [2.24, 2.45) is 13.0 Å². The molecule has 2 aromatic heterocycles. The minimum atomic E-state index is -2.72. The van der Waals surface area contributed by atoms with Crippen LogP contribution in [0.1, 0.15) is 40.4 Å². The van der Waals surface area contributed by atoms with E-state index in [9.17, 15) is 13.6 Å². The highest BCUT2D eigenvalue weighted by atomic mass is 19.3. The number of rotatable bonds is 5. The number of aromatic nitrogens is 3. The Morgan fingerprint density at radius 3 is 3.00 bits per heavy atom. The van der Waals surface area contributed by atoms with Crippen molar-refractivity contribution < 1.29 is 13.6 Å². The molecule has 1 amide bonds. The van der Waals surface area contributed by atoms with Gasteiger partial charge in [-0.2, -0.15) is 5.10 Å². The van der Waals surface area contributed by atoms with Gasteiger partial charge in [-0.1, -0.05) is 6.07 Å². The van der Waals surface area contributed by atoms with Gasteiger partial charge in [-0.3, -0.25) is 14.5 Å². The van der Waals surface area contributed by atoms with Crippen molar-refractivity contribution in [2.45, 2.75) is 18.8 Å². The third-order valence-electron chi connectivity index (χ3n) is 4.00. The second-order valence-electron chi connectivity index (χ2n) is 5.47. The minimum Gasteiger partial charge on any atom is -0.352 e. The van der Waals surface area contributed by atoms with E-state index in [1.54, 1.807) is 6.20 Å². The Morgan fingerprint density at radius 1 is 1.50 bits per heavy atom. The quantitative estimate of drug-likeness (QED) is 0.922. The molecule has 0 radical (unpaired) electrons. The monoisotopic (exact) mass is 306 g/mol. The van der Waals surface area contributed by atoms with Crippen molar-refractivity contribution in [3.63, 3.8) is 0 Å². The zero-order chi connectivity index (χ0) is 15.7. The number of amides is 1. The number of halogens is 2. The van der Waals surface area contributed by atoms with Gasteiger partial charge in [0, 0.05) is 26.0 Å². The number of carbonyl (C=O) groups excluding carboxylic acids is 1. The third-order valence-corrected chi connectivity index (χ3v) is 4.00. The molecule has 0 spiro atoms. The zero-order valence-electron chi connectivity index (χ0n) is 12.0. The number of carbonyl (C=O) groups is 1. The fraction of sp³-hybridized carbons (Fsp3) is 0.400. The summed E-state index contributed by atoms with van der Waals surface area (Å²) in [4.78, 5) is 16.1. The van der Waals surface area contributed by atoms with Crippen molar-refractivity contribution in [1.29, 1.82) is 0 Å². The zero-order valence-corrected chi connectivity index (χ0v) is 12.0. The molecule has 2 heterocycles. The number of nitrogens with one attached hydrogen (secondary N) is 1. The Kier molecular flexibility index (Phi) is 3.87. The first-order valence-corrected chi connectivity index (χ1v) is 7.06. The van der Waals surface area contributed by atoms with Crippen LogP contribution in [0.15, 0.2) is 30.7 Å². The fourth-order valence-corrected chi connectivity index (χ4v) is 2.68. The van der Waals surface area contributed by atoms with E-state index in [4.69, 9.17) is 0 Å². The van der Waals surface area contributed by atoms with Gasteiger partial charge in [-0.05, 0) is 29.9 Å². The molecule has 0 aromatic carbocycles. The van der Waals surface area contributed by atoms with Crippen LogP contribution in [-0.4, -0.2) is 27.2 Å². The van der Waals surface area contributed by atoms with Crippen molar-refractivity contribution in [3.05, 3.63) is 47.5 Å². The topological polar surface area (TPSA) is 59.8 Å². The normalized spacial score (nSPS) is 20.2. The van der Waals surface area contributed by atoms with Gasteiger partial charge < -0.3 is 5.32 Å². The minimum absolute atomic E-state index is 0.0592. The van der Waals surface area contributed by atoms with Crippen molar-refractivity contribution in [3.8, 4) is 0 Å². The summed E-state index contributed by atoms with van der Waals surface area (Å²) in [6.45, 7) is 0.468. The molecule has 1 N–H and O–H groups in total. The van der Waals surface area contributed by atoms with Crippen molar-refractivity contribution in [1.82, 2.24) is 20.1 Å². The van der Waals surface area contributed by atoms with E-state index in [1.165, 1.54) is 13.2 Å².